The van der Waals surface area contributed by atoms with E-state index in [4.69, 9.17) is 14.2 Å². The second-order valence-corrected chi connectivity index (χ2v) is 16.9. The minimum atomic E-state index is 0.847. The monoisotopic (exact) mass is 631 g/mol. The maximum atomic E-state index is 6.02. The fraction of sp³-hybridized carbons (Fsp3) is 1.00. The zero-order valence-electron chi connectivity index (χ0n) is 30.5. The number of rotatable bonds is 22. The third-order valence-corrected chi connectivity index (χ3v) is 13.4. The molecule has 0 bridgehead atoms. The van der Waals surface area contributed by atoms with E-state index >= 15 is 0 Å². The van der Waals surface area contributed by atoms with Crippen LogP contribution in [-0.2, 0) is 14.2 Å². The zero-order chi connectivity index (χ0) is 31.4. The Hall–Kier alpha value is -0.120. The van der Waals surface area contributed by atoms with Gasteiger partial charge < -0.3 is 14.2 Å². The number of unbranched alkanes of at least 4 members (excludes halogenated alkanes) is 4. The number of methoxy groups -OCH3 is 2. The molecular weight excluding hydrogens is 552 g/mol. The van der Waals surface area contributed by atoms with Crippen LogP contribution >= 0.6 is 0 Å². The Labute approximate surface area is 281 Å². The molecule has 3 nitrogen and oxygen atoms in total. The van der Waals surface area contributed by atoms with Gasteiger partial charge in [0.15, 0.2) is 0 Å². The predicted octanol–water partition coefficient (Wildman–Crippen LogP) is 12.2. The van der Waals surface area contributed by atoms with Gasteiger partial charge in [0.05, 0.1) is 0 Å². The summed E-state index contributed by atoms with van der Waals surface area (Å²) in [5.41, 5.74) is 0. The smallest absolute Gasteiger partial charge is 0.0490 e. The molecule has 0 atom stereocenters. The third-order valence-electron chi connectivity index (χ3n) is 13.4. The molecule has 0 aromatic heterocycles. The summed E-state index contributed by atoms with van der Waals surface area (Å²) >= 11 is 0. The van der Waals surface area contributed by atoms with Crippen LogP contribution in [0.2, 0.25) is 0 Å². The lowest BCUT2D eigenvalue weighted by molar-refractivity contribution is 0.115. The van der Waals surface area contributed by atoms with Gasteiger partial charge >= 0.3 is 0 Å². The summed E-state index contributed by atoms with van der Waals surface area (Å²) in [6, 6.07) is 0. The molecule has 0 aromatic carbocycles. The maximum Gasteiger partial charge on any atom is 0.0490 e. The van der Waals surface area contributed by atoms with Crippen LogP contribution in [0.3, 0.4) is 0 Å². The van der Waals surface area contributed by atoms with E-state index in [-0.39, 0.29) is 0 Å². The zero-order valence-corrected chi connectivity index (χ0v) is 30.5. The highest BCUT2D eigenvalue weighted by molar-refractivity contribution is 4.78. The molecule has 0 aliphatic heterocycles. The Morgan fingerprint density at radius 1 is 0.311 bits per heavy atom. The molecule has 0 amide bonds. The van der Waals surface area contributed by atoms with Crippen molar-refractivity contribution in [2.24, 2.45) is 47.3 Å². The molecule has 0 spiro atoms. The van der Waals surface area contributed by atoms with Crippen LogP contribution in [0, 0.1) is 47.3 Å². The number of hydrogen-bond acceptors (Lipinski definition) is 3. The quantitative estimate of drug-likeness (QED) is 0.111. The fourth-order valence-corrected chi connectivity index (χ4v) is 10.1. The lowest BCUT2D eigenvalue weighted by Crippen LogP contribution is -2.20. The second kappa shape index (κ2) is 23.3. The van der Waals surface area contributed by atoms with Crippen LogP contribution in [0.1, 0.15) is 180 Å². The highest BCUT2D eigenvalue weighted by Gasteiger charge is 2.26. The van der Waals surface area contributed by atoms with E-state index in [9.17, 15) is 0 Å². The summed E-state index contributed by atoms with van der Waals surface area (Å²) in [6.07, 6.45) is 40.8. The molecule has 0 heterocycles. The average Bonchev–Trinajstić information content (AvgIpc) is 3.08. The van der Waals surface area contributed by atoms with Crippen molar-refractivity contribution in [2.75, 3.05) is 40.6 Å². The van der Waals surface area contributed by atoms with E-state index in [1.807, 2.05) is 14.2 Å². The van der Waals surface area contributed by atoms with Gasteiger partial charge in [0, 0.05) is 40.6 Å². The predicted molar refractivity (Wildman–Crippen MR) is 192 cm³/mol. The van der Waals surface area contributed by atoms with Crippen LogP contribution < -0.4 is 0 Å². The normalized spacial score (nSPS) is 32.9. The van der Waals surface area contributed by atoms with Crippen molar-refractivity contribution >= 4 is 0 Å². The standard InChI is InChI=1S/C42H78O3/c1-43-33-41-27-23-39(24-28-41)21-19-37-15-11-35(12-16-37)9-5-3-7-31-45-32-8-4-6-10-36-13-17-38(18-14-36)20-22-40-25-29-42(30-26-40)34-44-2/h35-42H,3-34H2,1-2H3. The van der Waals surface area contributed by atoms with Crippen LogP contribution in [0.5, 0.6) is 0 Å². The van der Waals surface area contributed by atoms with Gasteiger partial charge in [0.25, 0.3) is 0 Å². The lowest BCUT2D eigenvalue weighted by Gasteiger charge is -2.32. The number of hydrogen-bond donors (Lipinski definition) is 0. The average molecular weight is 631 g/mol. The molecule has 4 fully saturated rings. The maximum absolute atomic E-state index is 6.02. The van der Waals surface area contributed by atoms with Gasteiger partial charge in [-0.2, -0.15) is 0 Å². The van der Waals surface area contributed by atoms with Crippen LogP contribution in [-0.4, -0.2) is 40.6 Å². The van der Waals surface area contributed by atoms with E-state index in [2.05, 4.69) is 0 Å². The van der Waals surface area contributed by atoms with Crippen LogP contribution in [0.4, 0.5) is 0 Å². The highest BCUT2D eigenvalue weighted by Crippen LogP contribution is 2.39. The van der Waals surface area contributed by atoms with Gasteiger partial charge in [-0.1, -0.05) is 141 Å². The Balaban J connectivity index is 0.863. The SMILES string of the molecule is COCC1CCC(CCC2CCC(CCCCCOCCCCCC3CCC(CCC4CCC(COC)CC4)CC3)CC2)CC1. The van der Waals surface area contributed by atoms with Gasteiger partial charge in [-0.3, -0.25) is 0 Å². The summed E-state index contributed by atoms with van der Waals surface area (Å²) in [6.45, 7) is 3.97. The van der Waals surface area contributed by atoms with Crippen molar-refractivity contribution in [2.45, 2.75) is 180 Å². The summed E-state index contributed by atoms with van der Waals surface area (Å²) in [5.74, 6) is 7.86. The van der Waals surface area contributed by atoms with Crippen molar-refractivity contribution in [1.29, 1.82) is 0 Å². The molecule has 4 aliphatic carbocycles. The molecule has 4 rings (SSSR count). The van der Waals surface area contributed by atoms with Crippen molar-refractivity contribution in [3.05, 3.63) is 0 Å². The molecule has 0 saturated heterocycles. The number of ether oxygens (including phenoxy) is 3. The first-order valence-corrected chi connectivity index (χ1v) is 20.8. The van der Waals surface area contributed by atoms with E-state index < -0.39 is 0 Å². The minimum Gasteiger partial charge on any atom is -0.384 e. The fourth-order valence-electron chi connectivity index (χ4n) is 10.1. The topological polar surface area (TPSA) is 27.7 Å². The van der Waals surface area contributed by atoms with Crippen molar-refractivity contribution < 1.29 is 14.2 Å². The largest absolute Gasteiger partial charge is 0.384 e. The molecule has 45 heavy (non-hydrogen) atoms. The third kappa shape index (κ3) is 15.8. The van der Waals surface area contributed by atoms with Gasteiger partial charge in [0.1, 0.15) is 0 Å². The molecule has 4 saturated carbocycles. The second-order valence-electron chi connectivity index (χ2n) is 16.9. The lowest BCUT2D eigenvalue weighted by atomic mass is 9.75. The molecule has 4 aliphatic rings. The molecule has 264 valence electrons. The van der Waals surface area contributed by atoms with Gasteiger partial charge in [-0.25, -0.2) is 0 Å². The summed E-state index contributed by atoms with van der Waals surface area (Å²) < 4.78 is 16.8. The van der Waals surface area contributed by atoms with Crippen molar-refractivity contribution in [1.82, 2.24) is 0 Å². The van der Waals surface area contributed by atoms with E-state index in [1.54, 1.807) is 0 Å². The van der Waals surface area contributed by atoms with Gasteiger partial charge in [-0.05, 0) is 85.9 Å². The first kappa shape index (κ1) is 37.7. The molecule has 3 heteroatoms. The summed E-state index contributed by atoms with van der Waals surface area (Å²) in [7, 11) is 3.73. The first-order chi connectivity index (χ1) is 22.2. The Bertz CT molecular complexity index is 620. The molecule has 0 radical (unpaired) electrons. The Morgan fingerprint density at radius 2 is 0.578 bits per heavy atom. The summed E-state index contributed by atoms with van der Waals surface area (Å²) in [4.78, 5) is 0. The minimum absolute atomic E-state index is 0.847. The molecule has 0 unspecified atom stereocenters. The molecular formula is C42H78O3. The Morgan fingerprint density at radius 3 is 0.867 bits per heavy atom. The highest BCUT2D eigenvalue weighted by atomic mass is 16.5. The van der Waals surface area contributed by atoms with Crippen LogP contribution in [0.15, 0.2) is 0 Å². The van der Waals surface area contributed by atoms with E-state index in [0.29, 0.717) is 0 Å². The van der Waals surface area contributed by atoms with Crippen molar-refractivity contribution in [3.63, 3.8) is 0 Å². The summed E-state index contributed by atoms with van der Waals surface area (Å²) in [5, 5.41) is 0. The van der Waals surface area contributed by atoms with E-state index in [1.165, 1.54) is 180 Å². The molecule has 0 N–H and O–H groups in total. The van der Waals surface area contributed by atoms with Gasteiger partial charge in [-0.15, -0.1) is 0 Å². The first-order valence-electron chi connectivity index (χ1n) is 20.8. The van der Waals surface area contributed by atoms with Crippen LogP contribution in [0.25, 0.3) is 0 Å². The van der Waals surface area contributed by atoms with Crippen molar-refractivity contribution in [3.8, 4) is 0 Å². The Kier molecular flexibility index (Phi) is 19.5. The van der Waals surface area contributed by atoms with Gasteiger partial charge in [0.2, 0.25) is 0 Å². The molecule has 0 aromatic rings. The van der Waals surface area contributed by atoms with E-state index in [0.717, 1.165) is 73.8 Å².